The molecule has 4 fully saturated rings. The molecule has 0 radical (unpaired) electrons. The first-order chi connectivity index (χ1) is 15.5. The molecule has 186 valence electrons. The molecule has 0 aromatic carbocycles. The highest BCUT2D eigenvalue weighted by Gasteiger charge is 2.55. The zero-order valence-corrected chi connectivity index (χ0v) is 22.1. The quantitative estimate of drug-likeness (QED) is 0.149. The molecule has 0 aliphatic heterocycles. The fraction of sp³-hybridized carbons (Fsp3) is 0.966. The topological polar surface area (TPSA) is 29.1 Å². The highest BCUT2D eigenvalue weighted by atomic mass is 16.2. The van der Waals surface area contributed by atoms with Crippen molar-refractivity contribution in [3.05, 3.63) is 0 Å². The van der Waals surface area contributed by atoms with E-state index in [0.717, 1.165) is 35.3 Å². The number of hydrogen-bond acceptors (Lipinski definition) is 1. The fourth-order valence-corrected chi connectivity index (χ4v) is 8.06. The lowest BCUT2D eigenvalue weighted by molar-refractivity contribution is -0.948. The van der Waals surface area contributed by atoms with Gasteiger partial charge in [0.25, 0.3) is 0 Å². The van der Waals surface area contributed by atoms with Crippen LogP contribution < -0.4 is 5.32 Å². The Bertz CT molecular complexity index is 532. The SMILES string of the molecule is CCCCCCCCCCCC[N+](CC)(CC)C(C)NC(=O)C12CC3CC(CC(C3)C1)C2. The molecule has 1 unspecified atom stereocenters. The van der Waals surface area contributed by atoms with Crippen LogP contribution in [0.2, 0.25) is 0 Å². The summed E-state index contributed by atoms with van der Waals surface area (Å²) >= 11 is 0. The number of quaternary nitrogens is 1. The minimum atomic E-state index is -0.0166. The molecule has 1 N–H and O–H groups in total. The van der Waals surface area contributed by atoms with E-state index < -0.39 is 0 Å². The summed E-state index contributed by atoms with van der Waals surface area (Å²) in [6.45, 7) is 12.7. The zero-order valence-electron chi connectivity index (χ0n) is 22.1. The Morgan fingerprint density at radius 3 is 1.66 bits per heavy atom. The lowest BCUT2D eigenvalue weighted by atomic mass is 9.49. The molecule has 3 heteroatoms. The Labute approximate surface area is 200 Å². The van der Waals surface area contributed by atoms with Gasteiger partial charge in [-0.1, -0.05) is 58.3 Å². The zero-order chi connectivity index (χ0) is 23.0. The number of carbonyl (C=O) groups is 1. The third-order valence-corrected chi connectivity index (χ3v) is 9.90. The highest BCUT2D eigenvalue weighted by Crippen LogP contribution is 2.60. The summed E-state index contributed by atoms with van der Waals surface area (Å²) in [5.74, 6) is 2.93. The minimum Gasteiger partial charge on any atom is -0.307 e. The van der Waals surface area contributed by atoms with Gasteiger partial charge in [-0.3, -0.25) is 4.79 Å². The van der Waals surface area contributed by atoms with Crippen LogP contribution in [0.3, 0.4) is 0 Å². The molecule has 0 saturated heterocycles. The van der Waals surface area contributed by atoms with Crippen LogP contribution >= 0.6 is 0 Å². The second kappa shape index (κ2) is 12.2. The van der Waals surface area contributed by atoms with Crippen molar-refractivity contribution >= 4 is 5.91 Å². The van der Waals surface area contributed by atoms with Gasteiger partial charge in [-0.05, 0) is 83.0 Å². The van der Waals surface area contributed by atoms with Crippen molar-refractivity contribution in [2.75, 3.05) is 19.6 Å². The largest absolute Gasteiger partial charge is 0.307 e. The van der Waals surface area contributed by atoms with Crippen LogP contribution in [0.1, 0.15) is 130 Å². The van der Waals surface area contributed by atoms with Crippen LogP contribution in [0.4, 0.5) is 0 Å². The average molecular weight is 448 g/mol. The molecular formula is C29H55N2O+. The first-order valence-corrected chi connectivity index (χ1v) is 14.6. The summed E-state index contributed by atoms with van der Waals surface area (Å²) in [7, 11) is 0. The monoisotopic (exact) mass is 447 g/mol. The molecule has 3 nitrogen and oxygen atoms in total. The van der Waals surface area contributed by atoms with Gasteiger partial charge in [0, 0.05) is 6.92 Å². The maximum atomic E-state index is 13.6. The summed E-state index contributed by atoms with van der Waals surface area (Å²) in [6, 6.07) is 0. The van der Waals surface area contributed by atoms with Crippen molar-refractivity contribution < 1.29 is 9.28 Å². The molecule has 0 heterocycles. The average Bonchev–Trinajstić information content (AvgIpc) is 2.77. The fourth-order valence-electron chi connectivity index (χ4n) is 8.06. The van der Waals surface area contributed by atoms with Gasteiger partial charge in [-0.15, -0.1) is 0 Å². The first-order valence-electron chi connectivity index (χ1n) is 14.6. The Kier molecular flexibility index (Phi) is 9.95. The van der Waals surface area contributed by atoms with E-state index in [1.807, 2.05) is 0 Å². The predicted molar refractivity (Wildman–Crippen MR) is 136 cm³/mol. The predicted octanol–water partition coefficient (Wildman–Crippen LogP) is 7.44. The van der Waals surface area contributed by atoms with Crippen LogP contribution in [0.5, 0.6) is 0 Å². The first kappa shape index (κ1) is 26.0. The van der Waals surface area contributed by atoms with Gasteiger partial charge in [0.05, 0.1) is 25.0 Å². The number of carbonyl (C=O) groups excluding carboxylic acids is 1. The van der Waals surface area contributed by atoms with Crippen LogP contribution in [-0.4, -0.2) is 36.2 Å². The Morgan fingerprint density at radius 1 is 0.781 bits per heavy atom. The Hall–Kier alpha value is -0.570. The number of hydrogen-bond donors (Lipinski definition) is 1. The molecule has 4 aliphatic rings. The van der Waals surface area contributed by atoms with Crippen LogP contribution in [0, 0.1) is 23.2 Å². The van der Waals surface area contributed by atoms with E-state index in [4.69, 9.17) is 0 Å². The van der Waals surface area contributed by atoms with Gasteiger partial charge in [0.15, 0.2) is 6.17 Å². The van der Waals surface area contributed by atoms with Crippen molar-refractivity contribution in [2.24, 2.45) is 23.2 Å². The van der Waals surface area contributed by atoms with Crippen molar-refractivity contribution in [1.29, 1.82) is 0 Å². The molecule has 4 aliphatic carbocycles. The molecule has 1 amide bonds. The number of nitrogens with zero attached hydrogens (tertiary/aromatic N) is 1. The third-order valence-electron chi connectivity index (χ3n) is 9.90. The van der Waals surface area contributed by atoms with Crippen LogP contribution in [0.25, 0.3) is 0 Å². The summed E-state index contributed by atoms with van der Waals surface area (Å²) in [6.07, 6.45) is 21.9. The van der Waals surface area contributed by atoms with Crippen molar-refractivity contribution in [3.8, 4) is 0 Å². The number of amides is 1. The third kappa shape index (κ3) is 6.30. The normalized spacial score (nSPS) is 29.9. The molecule has 4 rings (SSSR count). The molecule has 0 spiro atoms. The molecule has 4 saturated carbocycles. The van der Waals surface area contributed by atoms with Gasteiger partial charge in [0.2, 0.25) is 5.91 Å². The van der Waals surface area contributed by atoms with Crippen molar-refractivity contribution in [2.45, 2.75) is 137 Å². The summed E-state index contributed by atoms with van der Waals surface area (Å²) in [4.78, 5) is 13.6. The van der Waals surface area contributed by atoms with Gasteiger partial charge < -0.3 is 9.80 Å². The maximum Gasteiger partial charge on any atom is 0.230 e. The van der Waals surface area contributed by atoms with Gasteiger partial charge in [-0.2, -0.15) is 0 Å². The lowest BCUT2D eigenvalue weighted by Gasteiger charge is -2.56. The van der Waals surface area contributed by atoms with Crippen molar-refractivity contribution in [1.82, 2.24) is 5.32 Å². The summed E-state index contributed by atoms with van der Waals surface area (Å²) in [5.41, 5.74) is -0.0166. The standard InChI is InChI=1S/C29H54N2O/c1-5-8-9-10-11-12-13-14-15-16-17-31(6-2,7-3)24(4)30-28(32)29-21-25-18-26(22-29)20-27(19-25)23-29/h24-27H,5-23H2,1-4H3/p+1. The van der Waals surface area contributed by atoms with Crippen molar-refractivity contribution in [3.63, 3.8) is 0 Å². The Morgan fingerprint density at radius 2 is 1.22 bits per heavy atom. The van der Waals surface area contributed by atoms with Gasteiger partial charge in [0.1, 0.15) is 0 Å². The van der Waals surface area contributed by atoms with E-state index in [9.17, 15) is 4.79 Å². The molecule has 0 aromatic heterocycles. The number of rotatable bonds is 16. The number of unbranched alkanes of at least 4 members (excludes halogenated alkanes) is 9. The van der Waals surface area contributed by atoms with E-state index in [0.29, 0.717) is 5.91 Å². The van der Waals surface area contributed by atoms with Gasteiger partial charge in [-0.25, -0.2) is 0 Å². The second-order valence-electron chi connectivity index (χ2n) is 12.1. The van der Waals surface area contributed by atoms with Crippen LogP contribution in [-0.2, 0) is 4.79 Å². The Balaban J connectivity index is 1.41. The summed E-state index contributed by atoms with van der Waals surface area (Å²) in [5, 5.41) is 3.60. The minimum absolute atomic E-state index is 0.0166. The van der Waals surface area contributed by atoms with E-state index in [1.54, 1.807) is 0 Å². The lowest BCUT2D eigenvalue weighted by Crippen LogP contribution is -2.64. The number of nitrogens with one attached hydrogen (secondary N) is 1. The van der Waals surface area contributed by atoms with Gasteiger partial charge >= 0.3 is 0 Å². The maximum absolute atomic E-state index is 13.6. The van der Waals surface area contributed by atoms with Crippen LogP contribution in [0.15, 0.2) is 0 Å². The molecule has 4 bridgehead atoms. The molecule has 0 aromatic rings. The second-order valence-corrected chi connectivity index (χ2v) is 12.1. The van der Waals surface area contributed by atoms with E-state index >= 15 is 0 Å². The molecular weight excluding hydrogens is 392 g/mol. The van der Waals surface area contributed by atoms with E-state index in [2.05, 4.69) is 33.0 Å². The van der Waals surface area contributed by atoms with E-state index in [-0.39, 0.29) is 11.6 Å². The smallest absolute Gasteiger partial charge is 0.230 e. The molecule has 32 heavy (non-hydrogen) atoms. The molecule has 1 atom stereocenters. The van der Waals surface area contributed by atoms with E-state index in [1.165, 1.54) is 109 Å². The highest BCUT2D eigenvalue weighted by molar-refractivity contribution is 5.83. The summed E-state index contributed by atoms with van der Waals surface area (Å²) < 4.78 is 1.05.